The molecule has 0 radical (unpaired) electrons. The fourth-order valence-electron chi connectivity index (χ4n) is 3.00. The molecule has 0 aromatic rings. The van der Waals surface area contributed by atoms with E-state index >= 15 is 0 Å². The highest BCUT2D eigenvalue weighted by Crippen LogP contribution is 2.38. The maximum atomic E-state index is 13.0. The van der Waals surface area contributed by atoms with Gasteiger partial charge in [-0.3, -0.25) is 4.79 Å². The van der Waals surface area contributed by atoms with Crippen molar-refractivity contribution in [1.29, 1.82) is 0 Å². The highest BCUT2D eigenvalue weighted by molar-refractivity contribution is 5.78. The van der Waals surface area contributed by atoms with Gasteiger partial charge < -0.3 is 15.3 Å². The van der Waals surface area contributed by atoms with Gasteiger partial charge in [-0.2, -0.15) is 13.2 Å². The van der Waals surface area contributed by atoms with E-state index in [1.54, 1.807) is 0 Å². The molecule has 1 heterocycles. The van der Waals surface area contributed by atoms with Crippen LogP contribution < -0.4 is 5.32 Å². The average molecular weight is 344 g/mol. The van der Waals surface area contributed by atoms with Gasteiger partial charge in [-0.05, 0) is 12.8 Å². The van der Waals surface area contributed by atoms with Crippen molar-refractivity contribution in [3.63, 3.8) is 0 Å². The van der Waals surface area contributed by atoms with Crippen LogP contribution in [0, 0.1) is 11.8 Å². The Morgan fingerprint density at radius 2 is 1.70 bits per heavy atom. The number of nitrogens with zero attached hydrogens (tertiary/aromatic N) is 1. The van der Waals surface area contributed by atoms with Crippen molar-refractivity contribution in [2.45, 2.75) is 43.8 Å². The molecule has 2 N–H and O–H groups in total. The van der Waals surface area contributed by atoms with E-state index in [4.69, 9.17) is 5.11 Å². The van der Waals surface area contributed by atoms with Crippen LogP contribution in [0.3, 0.4) is 0 Å². The molecule has 10 heteroatoms. The maximum absolute atomic E-state index is 13.0. The number of carboxylic acid groups (broad SMARTS) is 1. The predicted molar refractivity (Wildman–Crippen MR) is 68.0 cm³/mol. The lowest BCUT2D eigenvalue weighted by Gasteiger charge is -2.30. The Morgan fingerprint density at radius 1 is 1.13 bits per heavy atom. The SMILES string of the molecule is O=C(O)[C@@H]1CN(C(=O)NC2CCC(F)(F)CC2)C[C@H]1C(F)(F)F. The first-order valence-corrected chi connectivity index (χ1v) is 7.22. The van der Waals surface area contributed by atoms with E-state index in [2.05, 4.69) is 5.32 Å². The fraction of sp³-hybridized carbons (Fsp3) is 0.846. The minimum Gasteiger partial charge on any atom is -0.481 e. The van der Waals surface area contributed by atoms with Crippen molar-refractivity contribution in [3.05, 3.63) is 0 Å². The molecule has 1 saturated heterocycles. The molecule has 23 heavy (non-hydrogen) atoms. The summed E-state index contributed by atoms with van der Waals surface area (Å²) in [5.41, 5.74) is 0. The Kier molecular flexibility index (Phi) is 4.72. The third-order valence-corrected chi connectivity index (χ3v) is 4.39. The Morgan fingerprint density at radius 3 is 2.13 bits per heavy atom. The zero-order valence-corrected chi connectivity index (χ0v) is 12.1. The van der Waals surface area contributed by atoms with Gasteiger partial charge in [-0.25, -0.2) is 13.6 Å². The molecule has 2 fully saturated rings. The largest absolute Gasteiger partial charge is 0.481 e. The zero-order valence-electron chi connectivity index (χ0n) is 12.1. The smallest absolute Gasteiger partial charge is 0.394 e. The van der Waals surface area contributed by atoms with E-state index in [9.17, 15) is 31.5 Å². The zero-order chi connectivity index (χ0) is 17.4. The molecule has 0 spiro atoms. The molecular formula is C13H17F5N2O3. The van der Waals surface area contributed by atoms with Gasteiger partial charge in [0.25, 0.3) is 0 Å². The molecular weight excluding hydrogens is 327 g/mol. The molecule has 0 aromatic carbocycles. The molecule has 1 aliphatic carbocycles. The summed E-state index contributed by atoms with van der Waals surface area (Å²) in [6.07, 6.45) is -5.41. The van der Waals surface area contributed by atoms with Crippen molar-refractivity contribution >= 4 is 12.0 Å². The van der Waals surface area contributed by atoms with Gasteiger partial charge in [0.15, 0.2) is 0 Å². The fourth-order valence-corrected chi connectivity index (χ4v) is 3.00. The normalized spacial score (nSPS) is 28.7. The summed E-state index contributed by atoms with van der Waals surface area (Å²) in [6, 6.07) is -1.37. The first-order chi connectivity index (χ1) is 10.5. The number of urea groups is 1. The van der Waals surface area contributed by atoms with Crippen LogP contribution in [0.15, 0.2) is 0 Å². The third kappa shape index (κ3) is 4.23. The number of alkyl halides is 5. The number of aliphatic carboxylic acids is 1. The maximum Gasteiger partial charge on any atom is 0.394 e. The van der Waals surface area contributed by atoms with E-state index in [0.29, 0.717) is 0 Å². The van der Waals surface area contributed by atoms with E-state index in [1.165, 1.54) is 0 Å². The Balaban J connectivity index is 1.94. The van der Waals surface area contributed by atoms with E-state index in [-0.39, 0.29) is 25.7 Å². The minimum absolute atomic E-state index is 0.0393. The lowest BCUT2D eigenvalue weighted by Crippen LogP contribution is -2.46. The number of halogens is 5. The van der Waals surface area contributed by atoms with Crippen LogP contribution in [-0.4, -0.2) is 53.2 Å². The quantitative estimate of drug-likeness (QED) is 0.756. The Labute approximate surface area is 128 Å². The monoisotopic (exact) mass is 344 g/mol. The molecule has 0 unspecified atom stereocenters. The number of nitrogens with one attached hydrogen (secondary N) is 1. The summed E-state index contributed by atoms with van der Waals surface area (Å²) in [6.45, 7) is -1.29. The van der Waals surface area contributed by atoms with Gasteiger partial charge >= 0.3 is 18.2 Å². The summed E-state index contributed by atoms with van der Waals surface area (Å²) in [5.74, 6) is -8.22. The van der Waals surface area contributed by atoms with Crippen molar-refractivity contribution < 1.29 is 36.6 Å². The highest BCUT2D eigenvalue weighted by Gasteiger charge is 2.53. The van der Waals surface area contributed by atoms with Gasteiger partial charge in [0, 0.05) is 32.0 Å². The van der Waals surface area contributed by atoms with Crippen LogP contribution >= 0.6 is 0 Å². The molecule has 5 nitrogen and oxygen atoms in total. The molecule has 0 aromatic heterocycles. The number of amides is 2. The van der Waals surface area contributed by atoms with Gasteiger partial charge in [-0.15, -0.1) is 0 Å². The van der Waals surface area contributed by atoms with E-state index in [0.717, 1.165) is 4.90 Å². The van der Waals surface area contributed by atoms with Gasteiger partial charge in [0.2, 0.25) is 5.92 Å². The second-order valence-corrected chi connectivity index (χ2v) is 6.08. The third-order valence-electron chi connectivity index (χ3n) is 4.39. The van der Waals surface area contributed by atoms with Crippen LogP contribution in [0.5, 0.6) is 0 Å². The van der Waals surface area contributed by atoms with Crippen LogP contribution in [-0.2, 0) is 4.79 Å². The molecule has 2 atom stereocenters. The number of likely N-dealkylation sites (tertiary alicyclic amines) is 1. The lowest BCUT2D eigenvalue weighted by molar-refractivity contribution is -0.187. The summed E-state index contributed by atoms with van der Waals surface area (Å²) in [4.78, 5) is 23.7. The van der Waals surface area contributed by atoms with E-state index < -0.39 is 55.1 Å². The van der Waals surface area contributed by atoms with Crippen molar-refractivity contribution in [1.82, 2.24) is 10.2 Å². The summed E-state index contributed by atoms with van der Waals surface area (Å²) < 4.78 is 64.6. The topological polar surface area (TPSA) is 69.6 Å². The van der Waals surface area contributed by atoms with Crippen LogP contribution in [0.2, 0.25) is 0 Å². The number of carboxylic acids is 1. The first kappa shape index (κ1) is 17.7. The van der Waals surface area contributed by atoms with Gasteiger partial charge in [0.05, 0.1) is 11.8 Å². The molecule has 1 aliphatic heterocycles. The highest BCUT2D eigenvalue weighted by atomic mass is 19.4. The van der Waals surface area contributed by atoms with Crippen molar-refractivity contribution in [3.8, 4) is 0 Å². The van der Waals surface area contributed by atoms with E-state index in [1.807, 2.05) is 0 Å². The molecule has 0 bridgehead atoms. The average Bonchev–Trinajstić information content (AvgIpc) is 2.86. The van der Waals surface area contributed by atoms with Crippen LogP contribution in [0.25, 0.3) is 0 Å². The van der Waals surface area contributed by atoms with Crippen LogP contribution in [0.1, 0.15) is 25.7 Å². The summed E-state index contributed by atoms with van der Waals surface area (Å²) in [7, 11) is 0. The Bertz CT molecular complexity index is 473. The number of hydrogen-bond acceptors (Lipinski definition) is 2. The number of rotatable bonds is 2. The minimum atomic E-state index is -4.72. The summed E-state index contributed by atoms with van der Waals surface area (Å²) >= 11 is 0. The molecule has 2 rings (SSSR count). The number of carbonyl (C=O) groups excluding carboxylic acids is 1. The molecule has 2 aliphatic rings. The molecule has 2 amide bonds. The van der Waals surface area contributed by atoms with Gasteiger partial charge in [-0.1, -0.05) is 0 Å². The Hall–Kier alpha value is -1.61. The molecule has 132 valence electrons. The van der Waals surface area contributed by atoms with Crippen LogP contribution in [0.4, 0.5) is 26.7 Å². The van der Waals surface area contributed by atoms with Crippen molar-refractivity contribution in [2.24, 2.45) is 11.8 Å². The van der Waals surface area contributed by atoms with Crippen molar-refractivity contribution in [2.75, 3.05) is 13.1 Å². The second-order valence-electron chi connectivity index (χ2n) is 6.08. The lowest BCUT2D eigenvalue weighted by atomic mass is 9.92. The van der Waals surface area contributed by atoms with Gasteiger partial charge in [0.1, 0.15) is 0 Å². The number of carbonyl (C=O) groups is 2. The second kappa shape index (κ2) is 6.12. The molecule has 1 saturated carbocycles. The first-order valence-electron chi connectivity index (χ1n) is 7.22. The number of hydrogen-bond donors (Lipinski definition) is 2. The predicted octanol–water partition coefficient (Wildman–Crippen LogP) is 2.47. The summed E-state index contributed by atoms with van der Waals surface area (Å²) in [5, 5.41) is 11.3. The standard InChI is InChI=1S/C13H17F5N2O3/c14-12(15)3-1-7(2-4-12)19-11(23)20-5-8(10(21)22)9(6-20)13(16,17)18/h7-9H,1-6H2,(H,19,23)(H,21,22)/t8-,9-/m1/s1.